The minimum Gasteiger partial charge on any atom is -0.362 e. The fourth-order valence-corrected chi connectivity index (χ4v) is 3.21. The lowest BCUT2D eigenvalue weighted by Gasteiger charge is -2.32. The van der Waals surface area contributed by atoms with Crippen LogP contribution in [-0.2, 0) is 0 Å². The molecule has 4 nitrogen and oxygen atoms in total. The average Bonchev–Trinajstić information content (AvgIpc) is 3.12. The van der Waals surface area contributed by atoms with Gasteiger partial charge in [0.15, 0.2) is 0 Å². The molecule has 0 spiro atoms. The smallest absolute Gasteiger partial charge is 0.362 e. The summed E-state index contributed by atoms with van der Waals surface area (Å²) in [6.45, 7) is 0. The van der Waals surface area contributed by atoms with E-state index in [-0.39, 0.29) is 10.7 Å². The largest absolute Gasteiger partial charge is 0.438 e. The molecule has 1 N–H and O–H groups in total. The normalized spacial score (nSPS) is 21.2. The number of nitrogens with zero attached hydrogens (tertiary/aromatic N) is 3. The van der Waals surface area contributed by atoms with Crippen molar-refractivity contribution in [1.82, 2.24) is 4.98 Å². The Balaban J connectivity index is 2.02. The van der Waals surface area contributed by atoms with Crippen LogP contribution in [0.25, 0.3) is 11.3 Å². The van der Waals surface area contributed by atoms with E-state index in [9.17, 15) is 31.4 Å². The molecule has 1 aromatic heterocycles. The summed E-state index contributed by atoms with van der Waals surface area (Å²) in [5.41, 5.74) is -4.86. The second-order valence-corrected chi connectivity index (χ2v) is 6.64. The lowest BCUT2D eigenvalue weighted by molar-refractivity contribution is -0.255. The Morgan fingerprint density at radius 1 is 1.12 bits per heavy atom. The molecular weight excluding hydrogens is 408 g/mol. The van der Waals surface area contributed by atoms with Crippen molar-refractivity contribution in [1.29, 1.82) is 0 Å². The second kappa shape index (κ2) is 6.10. The molecule has 26 heavy (non-hydrogen) atoms. The third-order valence-corrected chi connectivity index (χ3v) is 4.65. The van der Waals surface area contributed by atoms with E-state index >= 15 is 0 Å². The Labute approximate surface area is 151 Å². The molecule has 0 unspecified atom stereocenters. The first-order chi connectivity index (χ1) is 11.9. The van der Waals surface area contributed by atoms with Crippen molar-refractivity contribution in [3.05, 3.63) is 34.7 Å². The standard InChI is InChI=1S/C14H8ClF6N3OS/c15-8-3-1-7(2-4-8)9-6-26-11(22-9)24-12(25,14(19,20)21)5-10(23-24)13(16,17)18/h1-4,6,25H,5H2/t12-/m0/s1. The Morgan fingerprint density at radius 3 is 2.27 bits per heavy atom. The lowest BCUT2D eigenvalue weighted by Crippen LogP contribution is -2.55. The third-order valence-electron chi connectivity index (χ3n) is 3.58. The molecule has 0 radical (unpaired) electrons. The summed E-state index contributed by atoms with van der Waals surface area (Å²) in [6.07, 6.45) is -12.2. The zero-order valence-corrected chi connectivity index (χ0v) is 14.0. The van der Waals surface area contributed by atoms with Gasteiger partial charge in [-0.15, -0.1) is 11.3 Å². The van der Waals surface area contributed by atoms with E-state index in [1.54, 1.807) is 12.1 Å². The number of halogens is 7. The van der Waals surface area contributed by atoms with E-state index in [0.717, 1.165) is 0 Å². The Morgan fingerprint density at radius 2 is 1.73 bits per heavy atom. The van der Waals surface area contributed by atoms with Gasteiger partial charge in [-0.25, -0.2) is 4.98 Å². The van der Waals surface area contributed by atoms with E-state index in [1.807, 2.05) is 0 Å². The molecule has 0 aliphatic carbocycles. The van der Waals surface area contributed by atoms with E-state index in [2.05, 4.69) is 10.1 Å². The summed E-state index contributed by atoms with van der Waals surface area (Å²) < 4.78 is 78.2. The number of rotatable bonds is 2. The molecule has 0 fully saturated rings. The van der Waals surface area contributed by atoms with Crippen molar-refractivity contribution >= 4 is 33.8 Å². The molecule has 1 atom stereocenters. The molecule has 0 amide bonds. The summed E-state index contributed by atoms with van der Waals surface area (Å²) >= 11 is 6.37. The molecule has 0 saturated heterocycles. The number of hydrazone groups is 1. The number of benzene rings is 1. The summed E-state index contributed by atoms with van der Waals surface area (Å²) in [6, 6.07) is 6.15. The van der Waals surface area contributed by atoms with Crippen molar-refractivity contribution in [2.45, 2.75) is 24.5 Å². The maximum Gasteiger partial charge on any atom is 0.438 e. The SMILES string of the molecule is O[C@]1(C(F)(F)F)CC(C(F)(F)F)=NN1c1nc(-c2ccc(Cl)cc2)cs1. The highest BCUT2D eigenvalue weighted by molar-refractivity contribution is 7.14. The lowest BCUT2D eigenvalue weighted by atomic mass is 10.1. The molecule has 1 aromatic carbocycles. The predicted octanol–water partition coefficient (Wildman–Crippen LogP) is 4.84. The van der Waals surface area contributed by atoms with Gasteiger partial charge in [-0.3, -0.25) is 0 Å². The van der Waals surface area contributed by atoms with Gasteiger partial charge in [0.2, 0.25) is 5.13 Å². The van der Waals surface area contributed by atoms with Crippen LogP contribution in [0.5, 0.6) is 0 Å². The van der Waals surface area contributed by atoms with Gasteiger partial charge < -0.3 is 5.11 Å². The second-order valence-electron chi connectivity index (χ2n) is 5.37. The molecular formula is C14H8ClF6N3OS. The maximum atomic E-state index is 13.2. The highest BCUT2D eigenvalue weighted by Gasteiger charge is 2.65. The van der Waals surface area contributed by atoms with Crippen LogP contribution in [0, 0.1) is 0 Å². The first-order valence-electron chi connectivity index (χ1n) is 6.87. The molecule has 0 bridgehead atoms. The van der Waals surface area contributed by atoms with E-state index < -0.39 is 35.3 Å². The molecule has 1 aliphatic heterocycles. The maximum absolute atomic E-state index is 13.2. The number of anilines is 1. The predicted molar refractivity (Wildman–Crippen MR) is 84.2 cm³/mol. The number of aliphatic hydroxyl groups is 1. The first kappa shape index (κ1) is 18.9. The van der Waals surface area contributed by atoms with Gasteiger partial charge in [-0.1, -0.05) is 23.7 Å². The van der Waals surface area contributed by atoms with Crippen LogP contribution in [0.15, 0.2) is 34.7 Å². The topological polar surface area (TPSA) is 48.7 Å². The number of alkyl halides is 6. The summed E-state index contributed by atoms with van der Waals surface area (Å²) in [5.74, 6) is 0. The summed E-state index contributed by atoms with van der Waals surface area (Å²) in [5, 5.41) is 14.0. The van der Waals surface area contributed by atoms with Crippen LogP contribution < -0.4 is 5.01 Å². The summed E-state index contributed by atoms with van der Waals surface area (Å²) in [7, 11) is 0. The quantitative estimate of drug-likeness (QED) is 0.714. The van der Waals surface area contributed by atoms with Crippen LogP contribution in [0.3, 0.4) is 0 Å². The van der Waals surface area contributed by atoms with Gasteiger partial charge in [0.05, 0.1) is 12.1 Å². The van der Waals surface area contributed by atoms with Crippen LogP contribution in [0.4, 0.5) is 31.5 Å². The van der Waals surface area contributed by atoms with Gasteiger partial charge in [0.1, 0.15) is 5.71 Å². The molecule has 140 valence electrons. The van der Waals surface area contributed by atoms with Crippen molar-refractivity contribution in [2.24, 2.45) is 5.10 Å². The minimum absolute atomic E-state index is 0.125. The number of thiazole rings is 1. The molecule has 3 rings (SSSR count). The van der Waals surface area contributed by atoms with Crippen LogP contribution in [-0.4, -0.2) is 33.9 Å². The highest BCUT2D eigenvalue weighted by Crippen LogP contribution is 2.46. The van der Waals surface area contributed by atoms with Gasteiger partial charge in [-0.05, 0) is 12.1 Å². The monoisotopic (exact) mass is 415 g/mol. The van der Waals surface area contributed by atoms with Crippen LogP contribution in [0.2, 0.25) is 5.02 Å². The van der Waals surface area contributed by atoms with Crippen molar-refractivity contribution < 1.29 is 31.4 Å². The fraction of sp³-hybridized carbons (Fsp3) is 0.286. The molecule has 2 heterocycles. The Hall–Kier alpha value is -1.85. The molecule has 12 heteroatoms. The van der Waals surface area contributed by atoms with Crippen molar-refractivity contribution in [3.8, 4) is 11.3 Å². The minimum atomic E-state index is -5.38. The average molecular weight is 416 g/mol. The Kier molecular flexibility index (Phi) is 4.44. The van der Waals surface area contributed by atoms with E-state index in [1.165, 1.54) is 17.5 Å². The van der Waals surface area contributed by atoms with Crippen LogP contribution >= 0.6 is 22.9 Å². The molecule has 1 aliphatic rings. The summed E-state index contributed by atoms with van der Waals surface area (Å²) in [4.78, 5) is 3.88. The fourth-order valence-electron chi connectivity index (χ4n) is 2.24. The first-order valence-corrected chi connectivity index (χ1v) is 8.13. The van der Waals surface area contributed by atoms with Gasteiger partial charge in [0, 0.05) is 16.0 Å². The van der Waals surface area contributed by atoms with Crippen LogP contribution in [0.1, 0.15) is 6.42 Å². The van der Waals surface area contributed by atoms with E-state index in [4.69, 9.17) is 11.6 Å². The van der Waals surface area contributed by atoms with Crippen molar-refractivity contribution in [3.63, 3.8) is 0 Å². The number of aromatic nitrogens is 1. The van der Waals surface area contributed by atoms with E-state index in [0.29, 0.717) is 21.9 Å². The zero-order valence-electron chi connectivity index (χ0n) is 12.4. The third kappa shape index (κ3) is 3.26. The zero-order chi connectivity index (χ0) is 19.3. The molecule has 2 aromatic rings. The number of hydrogen-bond donors (Lipinski definition) is 1. The van der Waals surface area contributed by atoms with Gasteiger partial charge >= 0.3 is 12.4 Å². The Bertz CT molecular complexity index is 848. The molecule has 0 saturated carbocycles. The van der Waals surface area contributed by atoms with Gasteiger partial charge in [0.25, 0.3) is 5.72 Å². The highest BCUT2D eigenvalue weighted by atomic mass is 35.5. The van der Waals surface area contributed by atoms with Crippen molar-refractivity contribution in [2.75, 3.05) is 5.01 Å². The number of hydrogen-bond acceptors (Lipinski definition) is 5. The van der Waals surface area contributed by atoms with Gasteiger partial charge in [-0.2, -0.15) is 36.5 Å².